The van der Waals surface area contributed by atoms with Crippen molar-refractivity contribution < 1.29 is 9.53 Å². The lowest BCUT2D eigenvalue weighted by molar-refractivity contribution is 0.0945. The lowest BCUT2D eigenvalue weighted by Gasteiger charge is -2.06. The van der Waals surface area contributed by atoms with Crippen LogP contribution < -0.4 is 10.1 Å². The van der Waals surface area contributed by atoms with Crippen molar-refractivity contribution in [1.82, 2.24) is 15.3 Å². The highest BCUT2D eigenvalue weighted by Gasteiger charge is 2.07. The molecule has 0 unspecified atom stereocenters. The first-order chi connectivity index (χ1) is 9.19. The highest BCUT2D eigenvalue weighted by Crippen LogP contribution is 2.09. The zero-order chi connectivity index (χ0) is 13.7. The lowest BCUT2D eigenvalue weighted by Crippen LogP contribution is -2.23. The summed E-state index contributed by atoms with van der Waals surface area (Å²) in [6.07, 6.45) is 1.64. The summed E-state index contributed by atoms with van der Waals surface area (Å²) in [5, 5.41) is 2.79. The Labute approximate surface area is 119 Å². The summed E-state index contributed by atoms with van der Waals surface area (Å²) in [6, 6.07) is 8.78. The van der Waals surface area contributed by atoms with Crippen molar-refractivity contribution in [1.29, 1.82) is 0 Å². The molecule has 0 aromatic carbocycles. The van der Waals surface area contributed by atoms with Gasteiger partial charge in [-0.2, -0.15) is 0 Å². The van der Waals surface area contributed by atoms with Crippen molar-refractivity contribution in [3.8, 4) is 5.88 Å². The van der Waals surface area contributed by atoms with Gasteiger partial charge in [-0.05, 0) is 39.7 Å². The van der Waals surface area contributed by atoms with Gasteiger partial charge in [0.25, 0.3) is 5.91 Å². The molecule has 0 spiro atoms. The van der Waals surface area contributed by atoms with Gasteiger partial charge in [0.15, 0.2) is 0 Å². The molecule has 0 aliphatic rings. The summed E-state index contributed by atoms with van der Waals surface area (Å²) in [4.78, 5) is 20.0. The quantitative estimate of drug-likeness (QED) is 0.877. The first kappa shape index (κ1) is 13.5. The molecule has 0 saturated carbocycles. The molecule has 6 heteroatoms. The zero-order valence-corrected chi connectivity index (χ0v) is 11.8. The predicted molar refractivity (Wildman–Crippen MR) is 73.9 cm³/mol. The van der Waals surface area contributed by atoms with Crippen LogP contribution in [0.3, 0.4) is 0 Å². The van der Waals surface area contributed by atoms with E-state index in [0.29, 0.717) is 22.7 Å². The van der Waals surface area contributed by atoms with Crippen molar-refractivity contribution in [3.63, 3.8) is 0 Å². The fraction of sp³-hybridized carbons (Fsp3) is 0.154. The number of nitrogens with zero attached hydrogens (tertiary/aromatic N) is 2. The number of methoxy groups -OCH3 is 1. The summed E-state index contributed by atoms with van der Waals surface area (Å²) in [6.45, 7) is 0.395. The number of rotatable bonds is 4. The van der Waals surface area contributed by atoms with E-state index in [1.165, 1.54) is 0 Å². The van der Waals surface area contributed by atoms with Gasteiger partial charge in [0.1, 0.15) is 10.3 Å². The average Bonchev–Trinajstić information content (AvgIpc) is 2.45. The highest BCUT2D eigenvalue weighted by atomic mass is 79.9. The summed E-state index contributed by atoms with van der Waals surface area (Å²) >= 11 is 3.23. The van der Waals surface area contributed by atoms with Crippen LogP contribution in [0.25, 0.3) is 0 Å². The Bertz CT molecular complexity index is 590. The molecular weight excluding hydrogens is 310 g/mol. The van der Waals surface area contributed by atoms with E-state index in [2.05, 4.69) is 31.2 Å². The van der Waals surface area contributed by atoms with Gasteiger partial charge in [-0.1, -0.05) is 6.07 Å². The standard InChI is InChI=1S/C13H12BrN3O2/c1-19-12-7-9(5-6-15-12)8-16-13(18)10-3-2-4-11(14)17-10/h2-7H,8H2,1H3,(H,16,18). The Hall–Kier alpha value is -1.95. The number of ether oxygens (including phenoxy) is 1. The Morgan fingerprint density at radius 3 is 3.00 bits per heavy atom. The first-order valence-electron chi connectivity index (χ1n) is 5.58. The van der Waals surface area contributed by atoms with E-state index in [9.17, 15) is 4.79 Å². The molecule has 2 aromatic heterocycles. The van der Waals surface area contributed by atoms with E-state index >= 15 is 0 Å². The van der Waals surface area contributed by atoms with Crippen molar-refractivity contribution in [2.75, 3.05) is 7.11 Å². The van der Waals surface area contributed by atoms with Crippen LogP contribution in [-0.4, -0.2) is 23.0 Å². The molecule has 0 bridgehead atoms. The molecule has 98 valence electrons. The maximum absolute atomic E-state index is 11.9. The lowest BCUT2D eigenvalue weighted by atomic mass is 10.2. The van der Waals surface area contributed by atoms with Gasteiger partial charge in [-0.15, -0.1) is 0 Å². The average molecular weight is 322 g/mol. The van der Waals surface area contributed by atoms with Crippen molar-refractivity contribution in [3.05, 3.63) is 52.4 Å². The van der Waals surface area contributed by atoms with Gasteiger partial charge in [0.05, 0.1) is 7.11 Å². The molecule has 0 aliphatic heterocycles. The van der Waals surface area contributed by atoms with Gasteiger partial charge in [0.2, 0.25) is 5.88 Å². The van der Waals surface area contributed by atoms with Gasteiger partial charge >= 0.3 is 0 Å². The molecule has 0 fully saturated rings. The largest absolute Gasteiger partial charge is 0.481 e. The third-order valence-electron chi connectivity index (χ3n) is 2.41. The van der Waals surface area contributed by atoms with E-state index in [-0.39, 0.29) is 5.91 Å². The smallest absolute Gasteiger partial charge is 0.270 e. The molecule has 1 amide bonds. The van der Waals surface area contributed by atoms with Crippen LogP contribution in [0.1, 0.15) is 16.1 Å². The summed E-state index contributed by atoms with van der Waals surface area (Å²) in [5.41, 5.74) is 1.28. The molecular formula is C13H12BrN3O2. The minimum Gasteiger partial charge on any atom is -0.481 e. The van der Waals surface area contributed by atoms with Crippen LogP contribution in [0, 0.1) is 0 Å². The Balaban J connectivity index is 2.00. The SMILES string of the molecule is COc1cc(CNC(=O)c2cccc(Br)n2)ccn1. The normalized spacial score (nSPS) is 10.0. The number of aromatic nitrogens is 2. The summed E-state index contributed by atoms with van der Waals surface area (Å²) < 4.78 is 5.65. The minimum absolute atomic E-state index is 0.225. The van der Waals surface area contributed by atoms with Crippen molar-refractivity contribution >= 4 is 21.8 Å². The third-order valence-corrected chi connectivity index (χ3v) is 2.85. The Morgan fingerprint density at radius 1 is 1.42 bits per heavy atom. The number of nitrogens with one attached hydrogen (secondary N) is 1. The predicted octanol–water partition coefficient (Wildman–Crippen LogP) is 2.18. The van der Waals surface area contributed by atoms with Crippen LogP contribution in [0.5, 0.6) is 5.88 Å². The van der Waals surface area contributed by atoms with Gasteiger partial charge in [0, 0.05) is 18.8 Å². The Morgan fingerprint density at radius 2 is 2.26 bits per heavy atom. The molecule has 2 heterocycles. The van der Waals surface area contributed by atoms with Gasteiger partial charge in [-0.25, -0.2) is 9.97 Å². The molecule has 0 atom stereocenters. The van der Waals surface area contributed by atoms with E-state index < -0.39 is 0 Å². The molecule has 19 heavy (non-hydrogen) atoms. The maximum atomic E-state index is 11.9. The van der Waals surface area contributed by atoms with Crippen LogP contribution in [0.2, 0.25) is 0 Å². The summed E-state index contributed by atoms with van der Waals surface area (Å²) in [5.74, 6) is 0.296. The van der Waals surface area contributed by atoms with Crippen LogP contribution in [-0.2, 0) is 6.54 Å². The van der Waals surface area contributed by atoms with Crippen molar-refractivity contribution in [2.45, 2.75) is 6.54 Å². The second kappa shape index (κ2) is 6.29. The number of carbonyl (C=O) groups excluding carboxylic acids is 1. The van der Waals surface area contributed by atoms with Crippen molar-refractivity contribution in [2.24, 2.45) is 0 Å². The molecule has 0 saturated heterocycles. The number of halogens is 1. The number of hydrogen-bond acceptors (Lipinski definition) is 4. The Kier molecular flexibility index (Phi) is 4.46. The van der Waals surface area contributed by atoms with Crippen LogP contribution in [0.15, 0.2) is 41.1 Å². The summed E-state index contributed by atoms with van der Waals surface area (Å²) in [7, 11) is 1.55. The second-order valence-corrected chi connectivity index (χ2v) is 4.55. The fourth-order valence-corrected chi connectivity index (χ4v) is 1.82. The zero-order valence-electron chi connectivity index (χ0n) is 10.3. The monoisotopic (exact) mass is 321 g/mol. The van der Waals surface area contributed by atoms with Gasteiger partial charge in [-0.3, -0.25) is 4.79 Å². The molecule has 2 aromatic rings. The molecule has 2 rings (SSSR count). The highest BCUT2D eigenvalue weighted by molar-refractivity contribution is 9.10. The number of pyridine rings is 2. The minimum atomic E-state index is -0.225. The number of amides is 1. The third kappa shape index (κ3) is 3.75. The molecule has 1 N–H and O–H groups in total. The number of carbonyl (C=O) groups is 1. The number of hydrogen-bond donors (Lipinski definition) is 1. The molecule has 0 radical (unpaired) electrons. The van der Waals surface area contributed by atoms with E-state index in [1.807, 2.05) is 6.07 Å². The fourth-order valence-electron chi connectivity index (χ4n) is 1.48. The van der Waals surface area contributed by atoms with E-state index in [0.717, 1.165) is 5.56 Å². The van der Waals surface area contributed by atoms with E-state index in [4.69, 9.17) is 4.74 Å². The first-order valence-corrected chi connectivity index (χ1v) is 6.38. The van der Waals surface area contributed by atoms with Crippen LogP contribution in [0.4, 0.5) is 0 Å². The van der Waals surface area contributed by atoms with Gasteiger partial charge < -0.3 is 10.1 Å². The second-order valence-electron chi connectivity index (χ2n) is 3.73. The molecule has 5 nitrogen and oxygen atoms in total. The topological polar surface area (TPSA) is 64.1 Å². The van der Waals surface area contributed by atoms with E-state index in [1.54, 1.807) is 37.6 Å². The molecule has 0 aliphatic carbocycles. The van der Waals surface area contributed by atoms with Crippen LogP contribution >= 0.6 is 15.9 Å². The maximum Gasteiger partial charge on any atom is 0.270 e.